The third kappa shape index (κ3) is 5.31. The Balaban J connectivity index is 1.60. The van der Waals surface area contributed by atoms with Gasteiger partial charge in [0.25, 0.3) is 0 Å². The van der Waals surface area contributed by atoms with Gasteiger partial charge in [-0.2, -0.15) is 0 Å². The van der Waals surface area contributed by atoms with Gasteiger partial charge in [0.15, 0.2) is 0 Å². The van der Waals surface area contributed by atoms with Crippen LogP contribution in [0.5, 0.6) is 0 Å². The van der Waals surface area contributed by atoms with E-state index in [0.29, 0.717) is 0 Å². The molecule has 132 valence electrons. The summed E-state index contributed by atoms with van der Waals surface area (Å²) in [7, 11) is 2.07. The molecule has 4 nitrogen and oxygen atoms in total. The number of hydrogen-bond acceptors (Lipinski definition) is 4. The van der Waals surface area contributed by atoms with E-state index in [4.69, 9.17) is 0 Å². The molecular formula is C21H28N4. The Labute approximate surface area is 151 Å². The first-order valence-corrected chi connectivity index (χ1v) is 9.23. The van der Waals surface area contributed by atoms with Gasteiger partial charge >= 0.3 is 0 Å². The number of allylic oxidation sites excluding steroid dienone is 1. The quantitative estimate of drug-likeness (QED) is 0.743. The van der Waals surface area contributed by atoms with Crippen LogP contribution in [0.15, 0.2) is 48.0 Å². The first-order valence-electron chi connectivity index (χ1n) is 9.23. The maximum absolute atomic E-state index is 4.59. The van der Waals surface area contributed by atoms with Crippen LogP contribution in [-0.4, -0.2) is 23.6 Å². The molecule has 25 heavy (non-hydrogen) atoms. The Hall–Kier alpha value is -2.36. The van der Waals surface area contributed by atoms with Crippen LogP contribution in [0.3, 0.4) is 0 Å². The summed E-state index contributed by atoms with van der Waals surface area (Å²) < 4.78 is 0. The minimum atomic E-state index is 0.803. The van der Waals surface area contributed by atoms with Gasteiger partial charge in [-0.15, -0.1) is 0 Å². The summed E-state index contributed by atoms with van der Waals surface area (Å²) in [5.41, 5.74) is 2.87. The van der Waals surface area contributed by atoms with Crippen molar-refractivity contribution in [1.29, 1.82) is 0 Å². The van der Waals surface area contributed by atoms with Gasteiger partial charge in [0.05, 0.1) is 0 Å². The number of hydrogen-bond donors (Lipinski definition) is 1. The summed E-state index contributed by atoms with van der Waals surface area (Å²) in [5.74, 6) is 2.67. The second-order valence-corrected chi connectivity index (χ2v) is 6.79. The van der Waals surface area contributed by atoms with Gasteiger partial charge in [0.2, 0.25) is 0 Å². The molecule has 4 heteroatoms. The van der Waals surface area contributed by atoms with Crippen LogP contribution in [0.4, 0.5) is 11.6 Å². The highest BCUT2D eigenvalue weighted by Crippen LogP contribution is 2.21. The molecule has 1 aromatic heterocycles. The zero-order valence-electron chi connectivity index (χ0n) is 15.3. The number of anilines is 2. The predicted octanol–water partition coefficient (Wildman–Crippen LogP) is 4.72. The number of nitrogens with one attached hydrogen (secondary N) is 1. The molecule has 0 saturated carbocycles. The van der Waals surface area contributed by atoms with E-state index in [1.807, 2.05) is 19.1 Å². The topological polar surface area (TPSA) is 41.1 Å². The van der Waals surface area contributed by atoms with Crippen LogP contribution in [0.2, 0.25) is 0 Å². The molecule has 0 radical (unpaired) electrons. The molecule has 1 aliphatic rings. The Morgan fingerprint density at radius 1 is 1.12 bits per heavy atom. The van der Waals surface area contributed by atoms with E-state index in [1.165, 1.54) is 31.2 Å². The Morgan fingerprint density at radius 3 is 2.72 bits per heavy atom. The molecule has 1 heterocycles. The first-order chi connectivity index (χ1) is 12.2. The normalized spacial score (nSPS) is 14.1. The van der Waals surface area contributed by atoms with Gasteiger partial charge < -0.3 is 10.2 Å². The van der Waals surface area contributed by atoms with Gasteiger partial charge in [-0.3, -0.25) is 0 Å². The van der Waals surface area contributed by atoms with Crippen LogP contribution < -0.4 is 10.2 Å². The number of nitrogens with zero attached hydrogens (tertiary/aromatic N) is 3. The van der Waals surface area contributed by atoms with Gasteiger partial charge in [-0.05, 0) is 44.6 Å². The summed E-state index contributed by atoms with van der Waals surface area (Å²) in [6.07, 6.45) is 8.71. The monoisotopic (exact) mass is 336 g/mol. The molecule has 3 rings (SSSR count). The van der Waals surface area contributed by atoms with Crippen LogP contribution in [0.1, 0.15) is 43.5 Å². The lowest BCUT2D eigenvalue weighted by Crippen LogP contribution is -2.19. The SMILES string of the molecule is Cc1nc(NCCC2=CCCCC2)cc(N(C)Cc2ccccc2)n1. The Bertz CT molecular complexity index is 709. The van der Waals surface area contributed by atoms with Gasteiger partial charge in [0, 0.05) is 26.2 Å². The minimum Gasteiger partial charge on any atom is -0.370 e. The lowest BCUT2D eigenvalue weighted by molar-refractivity contribution is 0.679. The Morgan fingerprint density at radius 2 is 1.96 bits per heavy atom. The summed E-state index contributed by atoms with van der Waals surface area (Å²) >= 11 is 0. The number of aromatic nitrogens is 2. The standard InChI is InChI=1S/C21H28N4/c1-17-23-20(22-14-13-18-9-5-3-6-10-18)15-21(24-17)25(2)16-19-11-7-4-8-12-19/h4,7-9,11-12,15H,3,5-6,10,13-14,16H2,1-2H3,(H,22,23,24). The van der Waals surface area contributed by atoms with E-state index in [0.717, 1.165) is 37.0 Å². The third-order valence-corrected chi connectivity index (χ3v) is 4.62. The number of aryl methyl sites for hydroxylation is 1. The predicted molar refractivity (Wildman–Crippen MR) is 105 cm³/mol. The highest BCUT2D eigenvalue weighted by atomic mass is 15.2. The molecule has 0 atom stereocenters. The fourth-order valence-electron chi connectivity index (χ4n) is 3.26. The molecule has 0 spiro atoms. The van der Waals surface area contributed by atoms with Gasteiger partial charge in [-0.25, -0.2) is 9.97 Å². The average Bonchev–Trinajstić information content (AvgIpc) is 2.63. The second-order valence-electron chi connectivity index (χ2n) is 6.79. The smallest absolute Gasteiger partial charge is 0.134 e. The van der Waals surface area contributed by atoms with Crippen LogP contribution in [0, 0.1) is 6.92 Å². The summed E-state index contributed by atoms with van der Waals surface area (Å²) in [5, 5.41) is 3.47. The molecule has 1 aliphatic carbocycles. The molecule has 0 amide bonds. The lowest BCUT2D eigenvalue weighted by Gasteiger charge is -2.20. The molecule has 1 aromatic carbocycles. The van der Waals surface area contributed by atoms with E-state index in [2.05, 4.69) is 57.6 Å². The van der Waals surface area contributed by atoms with Crippen molar-refractivity contribution >= 4 is 11.6 Å². The van der Waals surface area contributed by atoms with Crippen molar-refractivity contribution in [2.75, 3.05) is 23.8 Å². The average molecular weight is 336 g/mol. The maximum Gasteiger partial charge on any atom is 0.134 e. The molecule has 0 fully saturated rings. The van der Waals surface area contributed by atoms with Gasteiger partial charge in [0.1, 0.15) is 17.5 Å². The van der Waals surface area contributed by atoms with Crippen molar-refractivity contribution in [3.63, 3.8) is 0 Å². The van der Waals surface area contributed by atoms with E-state index in [9.17, 15) is 0 Å². The number of rotatable bonds is 7. The third-order valence-electron chi connectivity index (χ3n) is 4.62. The maximum atomic E-state index is 4.59. The van der Waals surface area contributed by atoms with Gasteiger partial charge in [-0.1, -0.05) is 42.0 Å². The second kappa shape index (κ2) is 8.65. The molecule has 0 unspecified atom stereocenters. The molecule has 1 N–H and O–H groups in total. The van der Waals surface area contributed by atoms with Crippen LogP contribution in [0.25, 0.3) is 0 Å². The molecule has 0 bridgehead atoms. The number of benzene rings is 1. The highest BCUT2D eigenvalue weighted by Gasteiger charge is 2.08. The van der Waals surface area contributed by atoms with E-state index in [-0.39, 0.29) is 0 Å². The largest absolute Gasteiger partial charge is 0.370 e. The van der Waals surface area contributed by atoms with Crippen LogP contribution >= 0.6 is 0 Å². The summed E-state index contributed by atoms with van der Waals surface area (Å²) in [6.45, 7) is 3.72. The van der Waals surface area contributed by atoms with E-state index in [1.54, 1.807) is 5.57 Å². The zero-order valence-corrected chi connectivity index (χ0v) is 15.3. The van der Waals surface area contributed by atoms with Crippen molar-refractivity contribution in [3.05, 3.63) is 59.4 Å². The minimum absolute atomic E-state index is 0.803. The molecule has 0 aliphatic heterocycles. The van der Waals surface area contributed by atoms with Crippen molar-refractivity contribution in [2.24, 2.45) is 0 Å². The fourth-order valence-corrected chi connectivity index (χ4v) is 3.26. The van der Waals surface area contributed by atoms with Crippen molar-refractivity contribution < 1.29 is 0 Å². The fraction of sp³-hybridized carbons (Fsp3) is 0.429. The lowest BCUT2D eigenvalue weighted by atomic mass is 9.97. The molecule has 2 aromatic rings. The Kier molecular flexibility index (Phi) is 6.04. The van der Waals surface area contributed by atoms with Crippen molar-refractivity contribution in [3.8, 4) is 0 Å². The summed E-state index contributed by atoms with van der Waals surface area (Å²) in [4.78, 5) is 11.3. The van der Waals surface area contributed by atoms with E-state index < -0.39 is 0 Å². The van der Waals surface area contributed by atoms with Crippen LogP contribution in [-0.2, 0) is 6.54 Å². The summed E-state index contributed by atoms with van der Waals surface area (Å²) in [6, 6.07) is 12.5. The van der Waals surface area contributed by atoms with E-state index >= 15 is 0 Å². The first kappa shape index (κ1) is 17.5. The molecular weight excluding hydrogens is 308 g/mol. The zero-order chi connectivity index (χ0) is 17.5. The van der Waals surface area contributed by atoms with Crippen molar-refractivity contribution in [2.45, 2.75) is 45.6 Å². The van der Waals surface area contributed by atoms with Crippen molar-refractivity contribution in [1.82, 2.24) is 9.97 Å². The highest BCUT2D eigenvalue weighted by molar-refractivity contribution is 5.49. The molecule has 0 saturated heterocycles.